The third-order valence-electron chi connectivity index (χ3n) is 2.10. The van der Waals surface area contributed by atoms with Crippen LogP contribution in [0.4, 0.5) is 0 Å². The van der Waals surface area contributed by atoms with Gasteiger partial charge in [0, 0.05) is 0 Å². The van der Waals surface area contributed by atoms with E-state index in [-0.39, 0.29) is 5.69 Å². The van der Waals surface area contributed by atoms with Crippen LogP contribution in [0.15, 0.2) is 38.6 Å². The van der Waals surface area contributed by atoms with Gasteiger partial charge in [0.2, 0.25) is 0 Å². The van der Waals surface area contributed by atoms with Crippen molar-refractivity contribution in [1.82, 2.24) is 14.5 Å². The molecule has 2 aromatic rings. The summed E-state index contributed by atoms with van der Waals surface area (Å²) < 4.78 is 0.766. The Morgan fingerprint density at radius 2 is 1.53 bits per heavy atom. The molecule has 0 aliphatic carbocycles. The number of aromatic amines is 2. The van der Waals surface area contributed by atoms with Crippen LogP contribution in [0.3, 0.4) is 0 Å². The number of benzene rings is 1. The van der Waals surface area contributed by atoms with Crippen molar-refractivity contribution in [3.63, 3.8) is 0 Å². The van der Waals surface area contributed by atoms with E-state index in [2.05, 4.69) is 0 Å². The number of nitrogens with one attached hydrogen (secondary N) is 2. The average molecular weight is 230 g/mol. The maximum Gasteiger partial charge on any atom is 0.338 e. The molecule has 84 valence electrons. The van der Waals surface area contributed by atoms with Gasteiger partial charge in [0.25, 0.3) is 0 Å². The Kier molecular flexibility index (Phi) is 2.46. The van der Waals surface area contributed by atoms with Crippen LogP contribution in [0, 0.1) is 11.3 Å². The van der Waals surface area contributed by atoms with Crippen molar-refractivity contribution in [2.24, 2.45) is 0 Å². The van der Waals surface area contributed by atoms with Gasteiger partial charge in [-0.1, -0.05) is 0 Å². The number of hydrogen-bond acceptors (Lipinski definition) is 4. The molecule has 2 rings (SSSR count). The van der Waals surface area contributed by atoms with E-state index in [0.29, 0.717) is 5.56 Å². The van der Waals surface area contributed by atoms with Crippen molar-refractivity contribution in [3.8, 4) is 11.8 Å². The summed E-state index contributed by atoms with van der Waals surface area (Å²) >= 11 is 0. The van der Waals surface area contributed by atoms with Gasteiger partial charge in [0.05, 0.1) is 17.3 Å². The van der Waals surface area contributed by atoms with Crippen molar-refractivity contribution in [2.45, 2.75) is 0 Å². The van der Waals surface area contributed by atoms with Gasteiger partial charge < -0.3 is 0 Å². The third kappa shape index (κ3) is 1.91. The molecule has 7 heteroatoms. The van der Waals surface area contributed by atoms with Crippen LogP contribution in [0.5, 0.6) is 0 Å². The number of nitriles is 1. The van der Waals surface area contributed by atoms with Crippen LogP contribution in [0.2, 0.25) is 0 Å². The summed E-state index contributed by atoms with van der Waals surface area (Å²) in [5.41, 5.74) is -1.84. The Morgan fingerprint density at radius 1 is 1.00 bits per heavy atom. The van der Waals surface area contributed by atoms with E-state index >= 15 is 0 Å². The first kappa shape index (κ1) is 10.6. The number of H-pyrrole nitrogens is 2. The summed E-state index contributed by atoms with van der Waals surface area (Å²) in [7, 11) is 0. The summed E-state index contributed by atoms with van der Waals surface area (Å²) in [6, 6.07) is 7.72. The minimum Gasteiger partial charge on any atom is -0.258 e. The van der Waals surface area contributed by atoms with Crippen molar-refractivity contribution < 1.29 is 0 Å². The van der Waals surface area contributed by atoms with Crippen LogP contribution in [-0.2, 0) is 0 Å². The van der Waals surface area contributed by atoms with E-state index in [4.69, 9.17) is 5.26 Å². The monoisotopic (exact) mass is 230 g/mol. The van der Waals surface area contributed by atoms with Crippen molar-refractivity contribution in [3.05, 3.63) is 61.3 Å². The standard InChI is InChI=1S/C10H6N4O3/c11-5-6-1-3-7(4-2-6)14-9(16)12-8(15)13-10(14)17/h1-4H,(H2,12,13,15,16,17). The lowest BCUT2D eigenvalue weighted by atomic mass is 10.2. The lowest BCUT2D eigenvalue weighted by Crippen LogP contribution is -2.42. The molecule has 0 saturated carbocycles. The van der Waals surface area contributed by atoms with Gasteiger partial charge in [0.1, 0.15) is 0 Å². The predicted molar refractivity (Wildman–Crippen MR) is 58.0 cm³/mol. The molecule has 0 amide bonds. The number of nitrogens with zero attached hydrogens (tertiary/aromatic N) is 2. The summed E-state index contributed by atoms with van der Waals surface area (Å²) in [6.07, 6.45) is 0. The summed E-state index contributed by atoms with van der Waals surface area (Å²) in [6.45, 7) is 0. The molecule has 0 aliphatic rings. The summed E-state index contributed by atoms with van der Waals surface area (Å²) in [4.78, 5) is 37.6. The lowest BCUT2D eigenvalue weighted by molar-refractivity contribution is 0.784. The lowest BCUT2D eigenvalue weighted by Gasteiger charge is -2.02. The van der Waals surface area contributed by atoms with Gasteiger partial charge in [-0.3, -0.25) is 9.97 Å². The Balaban J connectivity index is 2.70. The van der Waals surface area contributed by atoms with Gasteiger partial charge in [-0.15, -0.1) is 0 Å². The Morgan fingerprint density at radius 3 is 2.00 bits per heavy atom. The zero-order valence-electron chi connectivity index (χ0n) is 8.43. The second-order valence-electron chi connectivity index (χ2n) is 3.18. The molecule has 2 N–H and O–H groups in total. The van der Waals surface area contributed by atoms with Crippen molar-refractivity contribution >= 4 is 0 Å². The smallest absolute Gasteiger partial charge is 0.258 e. The molecule has 7 nitrogen and oxygen atoms in total. The maximum absolute atomic E-state index is 11.4. The highest BCUT2D eigenvalue weighted by atomic mass is 16.2. The fourth-order valence-corrected chi connectivity index (χ4v) is 1.35. The summed E-state index contributed by atoms with van der Waals surface area (Å²) in [5, 5.41) is 8.61. The minimum atomic E-state index is -0.857. The SMILES string of the molecule is N#Cc1ccc(-n2c(=O)[nH]c(=O)[nH]c2=O)cc1. The van der Waals surface area contributed by atoms with E-state index in [0.717, 1.165) is 4.57 Å². The van der Waals surface area contributed by atoms with Gasteiger partial charge >= 0.3 is 17.1 Å². The second-order valence-corrected chi connectivity index (χ2v) is 3.18. The zero-order chi connectivity index (χ0) is 12.4. The normalized spacial score (nSPS) is 9.82. The van der Waals surface area contributed by atoms with E-state index in [1.54, 1.807) is 0 Å². The van der Waals surface area contributed by atoms with Gasteiger partial charge in [-0.2, -0.15) is 5.26 Å². The van der Waals surface area contributed by atoms with Crippen LogP contribution < -0.4 is 17.1 Å². The highest BCUT2D eigenvalue weighted by Gasteiger charge is 2.05. The maximum atomic E-state index is 11.4. The van der Waals surface area contributed by atoms with Crippen LogP contribution >= 0.6 is 0 Å². The van der Waals surface area contributed by atoms with E-state index in [1.807, 2.05) is 16.0 Å². The molecule has 0 saturated heterocycles. The van der Waals surface area contributed by atoms with E-state index < -0.39 is 17.1 Å². The third-order valence-corrected chi connectivity index (χ3v) is 2.10. The summed E-state index contributed by atoms with van der Waals surface area (Å²) in [5.74, 6) is 0. The molecule has 1 aromatic heterocycles. The fraction of sp³-hybridized carbons (Fsp3) is 0. The molecule has 1 heterocycles. The molecule has 0 atom stereocenters. The molecule has 1 aromatic carbocycles. The van der Waals surface area contributed by atoms with E-state index in [9.17, 15) is 14.4 Å². The number of hydrogen-bond donors (Lipinski definition) is 2. The highest BCUT2D eigenvalue weighted by Crippen LogP contribution is 2.04. The van der Waals surface area contributed by atoms with Gasteiger partial charge in [0.15, 0.2) is 0 Å². The molecule has 0 radical (unpaired) electrons. The molecule has 0 bridgehead atoms. The molecular weight excluding hydrogens is 224 g/mol. The van der Waals surface area contributed by atoms with Gasteiger partial charge in [-0.25, -0.2) is 19.0 Å². The molecular formula is C10H6N4O3. The zero-order valence-corrected chi connectivity index (χ0v) is 8.43. The van der Waals surface area contributed by atoms with E-state index in [1.165, 1.54) is 24.3 Å². The number of rotatable bonds is 1. The molecule has 0 fully saturated rings. The molecule has 0 unspecified atom stereocenters. The van der Waals surface area contributed by atoms with Crippen LogP contribution in [-0.4, -0.2) is 14.5 Å². The quantitative estimate of drug-likeness (QED) is 0.660. The Labute approximate surface area is 93.6 Å². The largest absolute Gasteiger partial charge is 0.338 e. The Hall–Kier alpha value is -2.88. The first-order valence-electron chi connectivity index (χ1n) is 4.58. The fourth-order valence-electron chi connectivity index (χ4n) is 1.35. The predicted octanol–water partition coefficient (Wildman–Crippen LogP) is -0.914. The molecule has 0 aliphatic heterocycles. The first-order chi connectivity index (χ1) is 8.11. The highest BCUT2D eigenvalue weighted by molar-refractivity contribution is 5.38. The minimum absolute atomic E-state index is 0.270. The van der Waals surface area contributed by atoms with Crippen LogP contribution in [0.1, 0.15) is 5.56 Å². The Bertz CT molecular complexity index is 724. The second kappa shape index (κ2) is 3.94. The van der Waals surface area contributed by atoms with Gasteiger partial charge in [-0.05, 0) is 24.3 Å². The average Bonchev–Trinajstić information content (AvgIpc) is 2.28. The van der Waals surface area contributed by atoms with Crippen molar-refractivity contribution in [2.75, 3.05) is 0 Å². The molecule has 17 heavy (non-hydrogen) atoms. The van der Waals surface area contributed by atoms with Crippen LogP contribution in [0.25, 0.3) is 5.69 Å². The first-order valence-corrected chi connectivity index (χ1v) is 4.58. The number of aromatic nitrogens is 3. The topological polar surface area (TPSA) is 112 Å². The van der Waals surface area contributed by atoms with Crippen molar-refractivity contribution in [1.29, 1.82) is 5.26 Å². The molecule has 0 spiro atoms.